The minimum atomic E-state index is -0.0164. The van der Waals surface area contributed by atoms with E-state index in [2.05, 4.69) is 15.3 Å². The molecule has 1 aliphatic carbocycles. The van der Waals surface area contributed by atoms with Crippen molar-refractivity contribution >= 4 is 12.0 Å². The topological polar surface area (TPSA) is 50.2 Å². The van der Waals surface area contributed by atoms with Crippen molar-refractivity contribution in [1.29, 1.82) is 0 Å². The molecule has 1 N–H and O–H groups in total. The van der Waals surface area contributed by atoms with Crippen LogP contribution in [0.5, 0.6) is 0 Å². The maximum Gasteiger partial charge on any atom is 0.244 e. The van der Waals surface area contributed by atoms with Crippen LogP contribution >= 0.6 is 0 Å². The molecule has 1 aliphatic heterocycles. The van der Waals surface area contributed by atoms with Gasteiger partial charge in [-0.25, -0.2) is 4.68 Å². The average Bonchev–Trinajstić information content (AvgIpc) is 3.39. The van der Waals surface area contributed by atoms with Gasteiger partial charge in [0.2, 0.25) is 5.91 Å². The van der Waals surface area contributed by atoms with Gasteiger partial charge < -0.3 is 10.2 Å². The van der Waals surface area contributed by atoms with Gasteiger partial charge in [0.05, 0.1) is 11.9 Å². The summed E-state index contributed by atoms with van der Waals surface area (Å²) in [4.78, 5) is 14.7. The first kappa shape index (κ1) is 16.1. The maximum absolute atomic E-state index is 12.2. The van der Waals surface area contributed by atoms with Gasteiger partial charge in [-0.1, -0.05) is 18.2 Å². The molecule has 1 amide bonds. The lowest BCUT2D eigenvalue weighted by molar-refractivity contribution is -0.117. The number of nitrogens with one attached hydrogen (secondary N) is 1. The fourth-order valence-corrected chi connectivity index (χ4v) is 3.41. The molecule has 5 heteroatoms. The van der Waals surface area contributed by atoms with Gasteiger partial charge in [0.15, 0.2) is 0 Å². The van der Waals surface area contributed by atoms with E-state index in [-0.39, 0.29) is 5.91 Å². The zero-order valence-corrected chi connectivity index (χ0v) is 14.3. The molecule has 25 heavy (non-hydrogen) atoms. The predicted octanol–water partition coefficient (Wildman–Crippen LogP) is 2.63. The highest BCUT2D eigenvalue weighted by Gasteiger charge is 2.31. The number of hydrogen-bond acceptors (Lipinski definition) is 3. The van der Waals surface area contributed by atoms with Crippen LogP contribution in [0.1, 0.15) is 31.2 Å². The number of piperidine rings is 1. The van der Waals surface area contributed by atoms with Crippen LogP contribution in [0.3, 0.4) is 0 Å². The number of amides is 1. The molecule has 0 bridgehead atoms. The molecule has 0 atom stereocenters. The van der Waals surface area contributed by atoms with Crippen molar-refractivity contribution in [2.75, 3.05) is 13.1 Å². The molecule has 1 saturated heterocycles. The lowest BCUT2D eigenvalue weighted by atomic mass is 10.0. The first-order valence-electron chi connectivity index (χ1n) is 9.11. The minimum absolute atomic E-state index is 0.0164. The molecule has 2 aliphatic rings. The average molecular weight is 336 g/mol. The summed E-state index contributed by atoms with van der Waals surface area (Å²) in [6, 6.07) is 11.1. The highest BCUT2D eigenvalue weighted by atomic mass is 16.1. The molecule has 0 radical (unpaired) electrons. The van der Waals surface area contributed by atoms with Gasteiger partial charge >= 0.3 is 0 Å². The van der Waals surface area contributed by atoms with E-state index in [4.69, 9.17) is 0 Å². The molecule has 4 rings (SSSR count). The maximum atomic E-state index is 12.2. The van der Waals surface area contributed by atoms with E-state index in [9.17, 15) is 4.79 Å². The number of carbonyl (C=O) groups is 1. The van der Waals surface area contributed by atoms with Gasteiger partial charge in [0, 0.05) is 43.0 Å². The molecule has 5 nitrogen and oxygen atoms in total. The number of rotatable bonds is 5. The molecular formula is C20H24N4O. The van der Waals surface area contributed by atoms with Crippen LogP contribution in [0.15, 0.2) is 48.8 Å². The third kappa shape index (κ3) is 4.17. The normalized spacial score (nSPS) is 19.4. The van der Waals surface area contributed by atoms with Crippen molar-refractivity contribution in [1.82, 2.24) is 20.0 Å². The first-order chi connectivity index (χ1) is 12.3. The van der Waals surface area contributed by atoms with E-state index in [1.54, 1.807) is 12.3 Å². The van der Waals surface area contributed by atoms with Crippen molar-refractivity contribution in [2.45, 2.75) is 37.8 Å². The fraction of sp³-hybridized carbons (Fsp3) is 0.400. The number of para-hydroxylation sites is 1. The number of carbonyl (C=O) groups excluding carboxylic acids is 1. The van der Waals surface area contributed by atoms with Crippen molar-refractivity contribution in [3.8, 4) is 5.69 Å². The van der Waals surface area contributed by atoms with Gasteiger partial charge in [-0.15, -0.1) is 0 Å². The molecule has 130 valence electrons. The molecule has 1 aromatic heterocycles. The Labute approximate surface area is 148 Å². The summed E-state index contributed by atoms with van der Waals surface area (Å²) >= 11 is 0. The first-order valence-corrected chi connectivity index (χ1v) is 9.11. The monoisotopic (exact) mass is 336 g/mol. The van der Waals surface area contributed by atoms with Crippen LogP contribution in [0.25, 0.3) is 11.8 Å². The Morgan fingerprint density at radius 1 is 1.12 bits per heavy atom. The van der Waals surface area contributed by atoms with Crippen molar-refractivity contribution in [3.63, 3.8) is 0 Å². The van der Waals surface area contributed by atoms with E-state index in [0.29, 0.717) is 6.04 Å². The lowest BCUT2D eigenvalue weighted by Crippen LogP contribution is -2.44. The number of likely N-dealkylation sites (tertiary alicyclic amines) is 1. The predicted molar refractivity (Wildman–Crippen MR) is 98.4 cm³/mol. The second-order valence-electron chi connectivity index (χ2n) is 6.94. The van der Waals surface area contributed by atoms with Crippen LogP contribution < -0.4 is 5.32 Å². The van der Waals surface area contributed by atoms with Crippen LogP contribution in [0, 0.1) is 0 Å². The second kappa shape index (κ2) is 7.23. The zero-order valence-electron chi connectivity index (χ0n) is 14.3. The Hall–Kier alpha value is -2.40. The molecule has 2 fully saturated rings. The van der Waals surface area contributed by atoms with E-state index < -0.39 is 0 Å². The largest absolute Gasteiger partial charge is 0.350 e. The quantitative estimate of drug-likeness (QED) is 0.854. The van der Waals surface area contributed by atoms with Crippen LogP contribution in [-0.4, -0.2) is 45.8 Å². The highest BCUT2D eigenvalue weighted by Crippen LogP contribution is 2.29. The fourth-order valence-electron chi connectivity index (χ4n) is 3.41. The summed E-state index contributed by atoms with van der Waals surface area (Å²) in [7, 11) is 0. The van der Waals surface area contributed by atoms with Gasteiger partial charge in [-0.3, -0.25) is 4.79 Å². The zero-order chi connectivity index (χ0) is 17.1. The van der Waals surface area contributed by atoms with Crippen molar-refractivity contribution in [3.05, 3.63) is 54.4 Å². The van der Waals surface area contributed by atoms with Gasteiger partial charge in [-0.05, 0) is 43.9 Å². The number of benzene rings is 1. The number of nitrogens with zero attached hydrogens (tertiary/aromatic N) is 3. The Morgan fingerprint density at radius 3 is 2.60 bits per heavy atom. The lowest BCUT2D eigenvalue weighted by Gasteiger charge is -2.32. The summed E-state index contributed by atoms with van der Waals surface area (Å²) in [5.74, 6) is -0.0164. The molecule has 2 heterocycles. The van der Waals surface area contributed by atoms with Crippen LogP contribution in [0.2, 0.25) is 0 Å². The van der Waals surface area contributed by atoms with Crippen molar-refractivity contribution in [2.24, 2.45) is 0 Å². The van der Waals surface area contributed by atoms with Crippen molar-refractivity contribution < 1.29 is 4.79 Å². The highest BCUT2D eigenvalue weighted by molar-refractivity contribution is 5.91. The third-order valence-corrected chi connectivity index (χ3v) is 4.99. The Kier molecular flexibility index (Phi) is 4.65. The third-order valence-electron chi connectivity index (χ3n) is 4.99. The Balaban J connectivity index is 1.28. The standard InChI is InChI=1S/C20H24N4O/c25-20(22-17-10-12-23(13-11-17)18-7-8-18)9-6-16-14-21-24(15-16)19-4-2-1-3-5-19/h1-6,9,14-15,17-18H,7-8,10-13H2,(H,22,25)/b9-6+. The van der Waals surface area contributed by atoms with E-state index in [1.165, 1.54) is 12.8 Å². The number of aromatic nitrogens is 2. The molecule has 0 spiro atoms. The molecule has 2 aromatic rings. The van der Waals surface area contributed by atoms with Gasteiger partial charge in [-0.2, -0.15) is 5.10 Å². The van der Waals surface area contributed by atoms with E-state index in [0.717, 1.165) is 43.2 Å². The summed E-state index contributed by atoms with van der Waals surface area (Å²) in [5.41, 5.74) is 1.93. The summed E-state index contributed by atoms with van der Waals surface area (Å²) in [6.45, 7) is 2.23. The van der Waals surface area contributed by atoms with Crippen LogP contribution in [-0.2, 0) is 4.79 Å². The SMILES string of the molecule is O=C(/C=C/c1cnn(-c2ccccc2)c1)NC1CCN(C2CC2)CC1. The smallest absolute Gasteiger partial charge is 0.244 e. The molecule has 0 unspecified atom stereocenters. The Morgan fingerprint density at radius 2 is 1.88 bits per heavy atom. The van der Waals surface area contributed by atoms with Gasteiger partial charge in [0.25, 0.3) is 0 Å². The summed E-state index contributed by atoms with van der Waals surface area (Å²) in [6.07, 6.45) is 12.0. The van der Waals surface area contributed by atoms with E-state index in [1.807, 2.05) is 47.3 Å². The molecular weight excluding hydrogens is 312 g/mol. The van der Waals surface area contributed by atoms with E-state index >= 15 is 0 Å². The summed E-state index contributed by atoms with van der Waals surface area (Å²) in [5, 5.41) is 7.47. The second-order valence-corrected chi connectivity index (χ2v) is 6.94. The Bertz CT molecular complexity index is 740. The molecule has 1 aromatic carbocycles. The van der Waals surface area contributed by atoms with Crippen LogP contribution in [0.4, 0.5) is 0 Å². The summed E-state index contributed by atoms with van der Waals surface area (Å²) < 4.78 is 1.81. The molecule has 1 saturated carbocycles. The minimum Gasteiger partial charge on any atom is -0.350 e. The number of hydrogen-bond donors (Lipinski definition) is 1. The van der Waals surface area contributed by atoms with Gasteiger partial charge in [0.1, 0.15) is 0 Å².